The number of halogens is 2. The standard InChI is InChI=1S/C14H15F2N3/c1-3-17-13-6-9(2)18-14(19-13)7-10-4-5-11(15)8-12(10)16/h4-6,8H,3,7H2,1-2H3,(H,17,18,19). The van der Waals surface area contributed by atoms with Gasteiger partial charge in [0.1, 0.15) is 23.3 Å². The van der Waals surface area contributed by atoms with Gasteiger partial charge in [-0.15, -0.1) is 0 Å². The number of hydrogen-bond donors (Lipinski definition) is 1. The van der Waals surface area contributed by atoms with Gasteiger partial charge in [0.2, 0.25) is 0 Å². The first-order chi connectivity index (χ1) is 9.08. The van der Waals surface area contributed by atoms with E-state index in [-0.39, 0.29) is 6.42 Å². The molecule has 0 atom stereocenters. The smallest absolute Gasteiger partial charge is 0.135 e. The fourth-order valence-electron chi connectivity index (χ4n) is 1.82. The molecule has 0 bridgehead atoms. The second-order valence-electron chi connectivity index (χ2n) is 4.25. The molecule has 0 saturated carbocycles. The van der Waals surface area contributed by atoms with Crippen LogP contribution in [0.15, 0.2) is 24.3 Å². The molecular formula is C14H15F2N3. The third kappa shape index (κ3) is 3.47. The highest BCUT2D eigenvalue weighted by atomic mass is 19.1. The average Bonchev–Trinajstić information content (AvgIpc) is 2.32. The van der Waals surface area contributed by atoms with E-state index in [1.54, 1.807) is 0 Å². The highest BCUT2D eigenvalue weighted by Gasteiger charge is 2.08. The maximum absolute atomic E-state index is 13.6. The molecule has 0 aliphatic heterocycles. The van der Waals surface area contributed by atoms with Crippen molar-refractivity contribution in [2.45, 2.75) is 20.3 Å². The van der Waals surface area contributed by atoms with Crippen molar-refractivity contribution >= 4 is 5.82 Å². The third-order valence-electron chi connectivity index (χ3n) is 2.62. The molecule has 0 aliphatic rings. The zero-order chi connectivity index (χ0) is 13.8. The molecule has 0 unspecified atom stereocenters. The number of aromatic nitrogens is 2. The zero-order valence-corrected chi connectivity index (χ0v) is 10.9. The summed E-state index contributed by atoms with van der Waals surface area (Å²) < 4.78 is 26.4. The van der Waals surface area contributed by atoms with E-state index in [1.807, 2.05) is 19.9 Å². The van der Waals surface area contributed by atoms with Crippen LogP contribution in [0.1, 0.15) is 24.0 Å². The van der Waals surface area contributed by atoms with Gasteiger partial charge in [0.15, 0.2) is 0 Å². The molecule has 1 N–H and O–H groups in total. The maximum Gasteiger partial charge on any atom is 0.135 e. The first-order valence-electron chi connectivity index (χ1n) is 6.11. The Kier molecular flexibility index (Phi) is 4.04. The topological polar surface area (TPSA) is 37.8 Å². The Labute approximate surface area is 110 Å². The highest BCUT2D eigenvalue weighted by Crippen LogP contribution is 2.14. The first-order valence-corrected chi connectivity index (χ1v) is 6.11. The van der Waals surface area contributed by atoms with Crippen molar-refractivity contribution in [1.29, 1.82) is 0 Å². The van der Waals surface area contributed by atoms with E-state index in [0.717, 1.165) is 18.3 Å². The minimum absolute atomic E-state index is 0.242. The monoisotopic (exact) mass is 263 g/mol. The molecule has 2 rings (SSSR count). The van der Waals surface area contributed by atoms with E-state index in [1.165, 1.54) is 12.1 Å². The molecule has 100 valence electrons. The minimum Gasteiger partial charge on any atom is -0.370 e. The van der Waals surface area contributed by atoms with Crippen LogP contribution in [0.5, 0.6) is 0 Å². The molecule has 2 aromatic rings. The molecule has 0 amide bonds. The van der Waals surface area contributed by atoms with Crippen LogP contribution in [0, 0.1) is 18.6 Å². The Hall–Kier alpha value is -2.04. The van der Waals surface area contributed by atoms with Crippen molar-refractivity contribution in [1.82, 2.24) is 9.97 Å². The third-order valence-corrected chi connectivity index (χ3v) is 2.62. The van der Waals surface area contributed by atoms with Crippen molar-refractivity contribution in [3.05, 3.63) is 53.0 Å². The van der Waals surface area contributed by atoms with Gasteiger partial charge in [-0.3, -0.25) is 0 Å². The quantitative estimate of drug-likeness (QED) is 0.921. The first kappa shape index (κ1) is 13.4. The van der Waals surface area contributed by atoms with Gasteiger partial charge in [-0.05, 0) is 25.5 Å². The second kappa shape index (κ2) is 5.73. The summed E-state index contributed by atoms with van der Waals surface area (Å²) in [5, 5.41) is 3.09. The summed E-state index contributed by atoms with van der Waals surface area (Å²) in [5.74, 6) is 0.0730. The van der Waals surface area contributed by atoms with Gasteiger partial charge < -0.3 is 5.32 Å². The fourth-order valence-corrected chi connectivity index (χ4v) is 1.82. The lowest BCUT2D eigenvalue weighted by atomic mass is 10.1. The summed E-state index contributed by atoms with van der Waals surface area (Å²) in [6.45, 7) is 4.57. The van der Waals surface area contributed by atoms with Gasteiger partial charge in [0, 0.05) is 30.8 Å². The zero-order valence-electron chi connectivity index (χ0n) is 10.9. The maximum atomic E-state index is 13.6. The number of aryl methyl sites for hydroxylation is 1. The molecule has 1 aromatic carbocycles. The van der Waals surface area contributed by atoms with Crippen molar-refractivity contribution in [3.8, 4) is 0 Å². The number of rotatable bonds is 4. The van der Waals surface area contributed by atoms with E-state index < -0.39 is 11.6 Å². The van der Waals surface area contributed by atoms with Crippen molar-refractivity contribution < 1.29 is 8.78 Å². The van der Waals surface area contributed by atoms with Crippen molar-refractivity contribution in [3.63, 3.8) is 0 Å². The lowest BCUT2D eigenvalue weighted by molar-refractivity contribution is 0.573. The lowest BCUT2D eigenvalue weighted by Gasteiger charge is -2.07. The van der Waals surface area contributed by atoms with Crippen LogP contribution in [-0.4, -0.2) is 16.5 Å². The Bertz CT molecular complexity index is 585. The highest BCUT2D eigenvalue weighted by molar-refractivity contribution is 5.36. The second-order valence-corrected chi connectivity index (χ2v) is 4.25. The van der Waals surface area contributed by atoms with E-state index in [2.05, 4.69) is 15.3 Å². The van der Waals surface area contributed by atoms with Crippen LogP contribution in [0.4, 0.5) is 14.6 Å². The molecule has 3 nitrogen and oxygen atoms in total. The lowest BCUT2D eigenvalue weighted by Crippen LogP contribution is -2.06. The predicted molar refractivity (Wildman–Crippen MR) is 70.1 cm³/mol. The van der Waals surface area contributed by atoms with E-state index in [0.29, 0.717) is 17.2 Å². The Balaban J connectivity index is 2.27. The van der Waals surface area contributed by atoms with Crippen LogP contribution in [-0.2, 0) is 6.42 Å². The molecule has 0 fully saturated rings. The normalized spacial score (nSPS) is 10.5. The van der Waals surface area contributed by atoms with Crippen molar-refractivity contribution in [2.24, 2.45) is 0 Å². The molecule has 0 radical (unpaired) electrons. The number of anilines is 1. The molecule has 1 aromatic heterocycles. The van der Waals surface area contributed by atoms with Crippen LogP contribution in [0.25, 0.3) is 0 Å². The van der Waals surface area contributed by atoms with Crippen LogP contribution in [0.2, 0.25) is 0 Å². The molecule has 0 aliphatic carbocycles. The SMILES string of the molecule is CCNc1cc(C)nc(Cc2ccc(F)cc2F)n1. The summed E-state index contributed by atoms with van der Waals surface area (Å²) in [6, 6.07) is 5.35. The molecular weight excluding hydrogens is 248 g/mol. The van der Waals surface area contributed by atoms with Gasteiger partial charge in [0.05, 0.1) is 0 Å². The molecule has 19 heavy (non-hydrogen) atoms. The molecule has 5 heteroatoms. The molecule has 0 spiro atoms. The number of benzene rings is 1. The van der Waals surface area contributed by atoms with E-state index in [4.69, 9.17) is 0 Å². The summed E-state index contributed by atoms with van der Waals surface area (Å²) in [4.78, 5) is 8.56. The van der Waals surface area contributed by atoms with Gasteiger partial charge in [-0.2, -0.15) is 0 Å². The van der Waals surface area contributed by atoms with Gasteiger partial charge >= 0.3 is 0 Å². The van der Waals surface area contributed by atoms with E-state index >= 15 is 0 Å². The van der Waals surface area contributed by atoms with Gasteiger partial charge in [-0.1, -0.05) is 6.07 Å². The van der Waals surface area contributed by atoms with E-state index in [9.17, 15) is 8.78 Å². The van der Waals surface area contributed by atoms with Gasteiger partial charge in [-0.25, -0.2) is 18.7 Å². The summed E-state index contributed by atoms with van der Waals surface area (Å²) in [6.07, 6.45) is 0.242. The van der Waals surface area contributed by atoms with Crippen molar-refractivity contribution in [2.75, 3.05) is 11.9 Å². The van der Waals surface area contributed by atoms with Crippen LogP contribution < -0.4 is 5.32 Å². The van der Waals surface area contributed by atoms with Crippen LogP contribution >= 0.6 is 0 Å². The van der Waals surface area contributed by atoms with Crippen LogP contribution in [0.3, 0.4) is 0 Å². The largest absolute Gasteiger partial charge is 0.370 e. The predicted octanol–water partition coefficient (Wildman–Crippen LogP) is 3.09. The molecule has 1 heterocycles. The average molecular weight is 263 g/mol. The van der Waals surface area contributed by atoms with Gasteiger partial charge in [0.25, 0.3) is 0 Å². The summed E-state index contributed by atoms with van der Waals surface area (Å²) in [7, 11) is 0. The number of hydrogen-bond acceptors (Lipinski definition) is 3. The molecule has 0 saturated heterocycles. The number of nitrogens with zero attached hydrogens (tertiary/aromatic N) is 2. The number of nitrogens with one attached hydrogen (secondary N) is 1. The Morgan fingerprint density at radius 2 is 1.95 bits per heavy atom. The summed E-state index contributed by atoms with van der Waals surface area (Å²) >= 11 is 0. The summed E-state index contributed by atoms with van der Waals surface area (Å²) in [5.41, 5.74) is 1.19. The Morgan fingerprint density at radius 1 is 1.16 bits per heavy atom. The Morgan fingerprint density at radius 3 is 2.63 bits per heavy atom. The minimum atomic E-state index is -0.584. The fraction of sp³-hybridized carbons (Fsp3) is 0.286.